The second-order valence-corrected chi connectivity index (χ2v) is 3.79. The maximum atomic E-state index is 8.82. The van der Waals surface area contributed by atoms with Gasteiger partial charge in [-0.1, -0.05) is 0 Å². The Balaban J connectivity index is 2.32. The van der Waals surface area contributed by atoms with E-state index in [1.54, 1.807) is 19.1 Å². The van der Waals surface area contributed by atoms with Crippen molar-refractivity contribution in [1.82, 2.24) is 4.98 Å². The zero-order valence-electron chi connectivity index (χ0n) is 10.1. The van der Waals surface area contributed by atoms with E-state index >= 15 is 0 Å². The Morgan fingerprint density at radius 3 is 2.56 bits per heavy atom. The number of pyridine rings is 1. The van der Waals surface area contributed by atoms with E-state index in [0.717, 1.165) is 0 Å². The Bertz CT molecular complexity index is 421. The van der Waals surface area contributed by atoms with Crippen molar-refractivity contribution in [3.8, 4) is 11.6 Å². The number of rotatable bonds is 4. The van der Waals surface area contributed by atoms with Gasteiger partial charge in [-0.2, -0.15) is 0 Å². The third-order valence-corrected chi connectivity index (χ3v) is 2.57. The van der Waals surface area contributed by atoms with Crippen LogP contribution in [-0.2, 0) is 15.3 Å². The Kier molecular flexibility index (Phi) is 3.72. The lowest BCUT2D eigenvalue weighted by atomic mass is 10.2. The molecule has 8 heteroatoms. The molecule has 0 bridgehead atoms. The minimum absolute atomic E-state index is 0.0367. The fraction of sp³-hybridized carbons (Fsp3) is 0.500. The van der Waals surface area contributed by atoms with Crippen molar-refractivity contribution in [2.75, 3.05) is 20.3 Å². The van der Waals surface area contributed by atoms with Crippen molar-refractivity contribution in [2.45, 2.75) is 12.7 Å². The van der Waals surface area contributed by atoms with Gasteiger partial charge in [-0.3, -0.25) is 0 Å². The highest BCUT2D eigenvalue weighted by Gasteiger charge is 2.35. The lowest BCUT2D eigenvalue weighted by Crippen LogP contribution is -2.26. The molecule has 1 aliphatic rings. The maximum Gasteiger partial charge on any atom is 0.708 e. The molecule has 0 saturated carbocycles. The van der Waals surface area contributed by atoms with Crippen LogP contribution in [0.25, 0.3) is 0 Å². The predicted octanol–water partition coefficient (Wildman–Crippen LogP) is -0.342. The molecule has 2 rings (SSSR count). The van der Waals surface area contributed by atoms with Gasteiger partial charge >= 0.3 is 7.32 Å². The second kappa shape index (κ2) is 5.11. The first-order chi connectivity index (χ1) is 8.55. The molecule has 0 radical (unpaired) electrons. The molecule has 7 nitrogen and oxygen atoms in total. The van der Waals surface area contributed by atoms with Crippen molar-refractivity contribution in [1.29, 1.82) is 0 Å². The van der Waals surface area contributed by atoms with Crippen LogP contribution in [0.4, 0.5) is 0 Å². The van der Waals surface area contributed by atoms with Crippen LogP contribution in [0.5, 0.6) is 11.6 Å². The van der Waals surface area contributed by atoms with Gasteiger partial charge in [0.25, 0.3) is 0 Å². The molecule has 98 valence electrons. The summed E-state index contributed by atoms with van der Waals surface area (Å²) in [4.78, 5) is 4.12. The summed E-state index contributed by atoms with van der Waals surface area (Å²) in [6.07, 6.45) is 0. The van der Waals surface area contributed by atoms with Crippen LogP contribution in [0.2, 0.25) is 0 Å². The third kappa shape index (κ3) is 2.56. The standard InChI is InChI=1S/C10H14BNO6/c1-10(16-5-6-17-10)8-4-3-7(15-2)9(12-8)18-11(13)14/h3-4,13-14H,5-6H2,1-2H3. The van der Waals surface area contributed by atoms with Crippen LogP contribution in [0.3, 0.4) is 0 Å². The molecule has 1 saturated heterocycles. The van der Waals surface area contributed by atoms with Crippen LogP contribution < -0.4 is 9.39 Å². The van der Waals surface area contributed by atoms with E-state index < -0.39 is 13.1 Å². The van der Waals surface area contributed by atoms with Crippen LogP contribution in [0, 0.1) is 0 Å². The van der Waals surface area contributed by atoms with E-state index in [1.807, 2.05) is 0 Å². The average molecular weight is 255 g/mol. The fourth-order valence-electron chi connectivity index (χ4n) is 1.68. The van der Waals surface area contributed by atoms with Crippen molar-refractivity contribution in [3.05, 3.63) is 17.8 Å². The van der Waals surface area contributed by atoms with Crippen LogP contribution in [0.1, 0.15) is 12.6 Å². The number of hydrogen-bond donors (Lipinski definition) is 2. The summed E-state index contributed by atoms with van der Waals surface area (Å²) in [5.74, 6) is -0.705. The maximum absolute atomic E-state index is 8.82. The SMILES string of the molecule is COc1ccc(C2(C)OCCO2)nc1OB(O)O. The summed E-state index contributed by atoms with van der Waals surface area (Å²) in [5.41, 5.74) is 0.469. The van der Waals surface area contributed by atoms with E-state index in [2.05, 4.69) is 4.98 Å². The Morgan fingerprint density at radius 1 is 1.33 bits per heavy atom. The lowest BCUT2D eigenvalue weighted by molar-refractivity contribution is -0.153. The number of nitrogens with zero attached hydrogens (tertiary/aromatic N) is 1. The molecule has 0 amide bonds. The first-order valence-electron chi connectivity index (χ1n) is 5.41. The van der Waals surface area contributed by atoms with Crippen molar-refractivity contribution in [2.24, 2.45) is 0 Å². The molecule has 1 aromatic rings. The number of hydrogen-bond acceptors (Lipinski definition) is 7. The molecule has 0 aromatic carbocycles. The Labute approximate surface area is 104 Å². The molecule has 0 aliphatic carbocycles. The van der Waals surface area contributed by atoms with E-state index in [9.17, 15) is 0 Å². The zero-order chi connectivity index (χ0) is 13.2. The molecule has 2 N–H and O–H groups in total. The van der Waals surface area contributed by atoms with Gasteiger partial charge in [-0.25, -0.2) is 4.98 Å². The largest absolute Gasteiger partial charge is 0.708 e. The number of methoxy groups -OCH3 is 1. The average Bonchev–Trinajstić information content (AvgIpc) is 2.76. The molecule has 2 heterocycles. The van der Waals surface area contributed by atoms with Gasteiger partial charge in [0, 0.05) is 0 Å². The normalized spacial score (nSPS) is 17.6. The zero-order valence-corrected chi connectivity index (χ0v) is 10.1. The van der Waals surface area contributed by atoms with Gasteiger partial charge in [0.1, 0.15) is 5.69 Å². The van der Waals surface area contributed by atoms with Crippen LogP contribution in [0.15, 0.2) is 12.1 Å². The summed E-state index contributed by atoms with van der Waals surface area (Å²) in [6, 6.07) is 3.26. The minimum Gasteiger partial charge on any atom is -0.495 e. The summed E-state index contributed by atoms with van der Waals surface area (Å²) in [6.45, 7) is 2.68. The van der Waals surface area contributed by atoms with Crippen molar-refractivity contribution < 1.29 is 28.9 Å². The summed E-state index contributed by atoms with van der Waals surface area (Å²) < 4.78 is 20.7. The molecule has 1 aliphatic heterocycles. The van der Waals surface area contributed by atoms with Crippen LogP contribution >= 0.6 is 0 Å². The second-order valence-electron chi connectivity index (χ2n) is 3.79. The lowest BCUT2D eigenvalue weighted by Gasteiger charge is -2.22. The smallest absolute Gasteiger partial charge is 0.495 e. The number of aromatic nitrogens is 1. The molecular weight excluding hydrogens is 241 g/mol. The highest BCUT2D eigenvalue weighted by molar-refractivity contribution is 6.33. The van der Waals surface area contributed by atoms with Gasteiger partial charge in [0.15, 0.2) is 5.75 Å². The first kappa shape index (κ1) is 13.1. The van der Waals surface area contributed by atoms with E-state index in [1.165, 1.54) is 7.11 Å². The third-order valence-electron chi connectivity index (χ3n) is 2.57. The van der Waals surface area contributed by atoms with E-state index in [-0.39, 0.29) is 11.6 Å². The minimum atomic E-state index is -1.97. The molecule has 0 spiro atoms. The topological polar surface area (TPSA) is 90.3 Å². The molecular formula is C10H14BNO6. The molecule has 1 aromatic heterocycles. The molecule has 1 fully saturated rings. The highest BCUT2D eigenvalue weighted by atomic mass is 16.7. The Morgan fingerprint density at radius 2 is 2.00 bits per heavy atom. The van der Waals surface area contributed by atoms with Gasteiger partial charge in [-0.05, 0) is 19.1 Å². The van der Waals surface area contributed by atoms with Crippen molar-refractivity contribution in [3.63, 3.8) is 0 Å². The fourth-order valence-corrected chi connectivity index (χ4v) is 1.68. The monoisotopic (exact) mass is 255 g/mol. The molecule has 0 atom stereocenters. The van der Waals surface area contributed by atoms with E-state index in [0.29, 0.717) is 18.9 Å². The van der Waals surface area contributed by atoms with Crippen molar-refractivity contribution >= 4 is 7.32 Å². The first-order valence-corrected chi connectivity index (χ1v) is 5.41. The van der Waals surface area contributed by atoms with Gasteiger partial charge < -0.3 is 28.9 Å². The van der Waals surface area contributed by atoms with Gasteiger partial charge in [0.05, 0.1) is 20.3 Å². The molecule has 18 heavy (non-hydrogen) atoms. The van der Waals surface area contributed by atoms with Gasteiger partial charge in [-0.15, -0.1) is 0 Å². The summed E-state index contributed by atoms with van der Waals surface area (Å²) in [5, 5.41) is 17.6. The Hall–Kier alpha value is -1.35. The van der Waals surface area contributed by atoms with Gasteiger partial charge in [0.2, 0.25) is 11.7 Å². The summed E-state index contributed by atoms with van der Waals surface area (Å²) >= 11 is 0. The van der Waals surface area contributed by atoms with Crippen LogP contribution in [-0.4, -0.2) is 42.7 Å². The quantitative estimate of drug-likeness (QED) is 0.711. The van der Waals surface area contributed by atoms with E-state index in [4.69, 9.17) is 28.9 Å². The number of ether oxygens (including phenoxy) is 3. The molecule has 0 unspecified atom stereocenters. The summed E-state index contributed by atoms with van der Waals surface area (Å²) in [7, 11) is -0.544. The predicted molar refractivity (Wildman–Crippen MR) is 60.9 cm³/mol. The highest BCUT2D eigenvalue weighted by Crippen LogP contribution is 2.33.